The monoisotopic (exact) mass is 298 g/mol. The molecule has 0 unspecified atom stereocenters. The second-order valence-electron chi connectivity index (χ2n) is 5.37. The van der Waals surface area contributed by atoms with E-state index in [9.17, 15) is 9.59 Å². The fraction of sp³-hybridized carbons (Fsp3) is 0.353. The van der Waals surface area contributed by atoms with E-state index in [0.29, 0.717) is 30.0 Å². The van der Waals surface area contributed by atoms with Crippen molar-refractivity contribution >= 4 is 11.8 Å². The number of esters is 1. The maximum atomic E-state index is 12.3. The van der Waals surface area contributed by atoms with Crippen molar-refractivity contribution < 1.29 is 14.3 Å². The van der Waals surface area contributed by atoms with E-state index < -0.39 is 0 Å². The van der Waals surface area contributed by atoms with E-state index in [-0.39, 0.29) is 11.8 Å². The highest BCUT2D eigenvalue weighted by Crippen LogP contribution is 2.26. The quantitative estimate of drug-likeness (QED) is 0.817. The van der Waals surface area contributed by atoms with Gasteiger partial charge < -0.3 is 4.74 Å². The number of ether oxygens (including phenoxy) is 1. The van der Waals surface area contributed by atoms with E-state index in [1.165, 1.54) is 0 Å². The molecule has 0 saturated heterocycles. The summed E-state index contributed by atoms with van der Waals surface area (Å²) in [6, 6.07) is 7.04. The molecule has 0 radical (unpaired) electrons. The van der Waals surface area contributed by atoms with Crippen LogP contribution >= 0.6 is 0 Å². The third-order valence-corrected chi connectivity index (χ3v) is 3.88. The van der Waals surface area contributed by atoms with Gasteiger partial charge in [-0.3, -0.25) is 4.79 Å². The van der Waals surface area contributed by atoms with Crippen LogP contribution in [0, 0.1) is 6.92 Å². The molecule has 0 bridgehead atoms. The molecular formula is C17H18N2O3. The number of benzene rings is 1. The minimum absolute atomic E-state index is 0.114. The highest BCUT2D eigenvalue weighted by molar-refractivity contribution is 5.98. The van der Waals surface area contributed by atoms with Gasteiger partial charge in [0.25, 0.3) is 0 Å². The Balaban J connectivity index is 2.07. The Bertz CT molecular complexity index is 746. The summed E-state index contributed by atoms with van der Waals surface area (Å²) in [5.74, 6) is -0.253. The summed E-state index contributed by atoms with van der Waals surface area (Å²) in [6.07, 6.45) is 2.31. The molecule has 0 spiro atoms. The molecule has 114 valence electrons. The van der Waals surface area contributed by atoms with E-state index >= 15 is 0 Å². The van der Waals surface area contributed by atoms with Crippen molar-refractivity contribution in [2.24, 2.45) is 0 Å². The van der Waals surface area contributed by atoms with Crippen LogP contribution < -0.4 is 0 Å². The van der Waals surface area contributed by atoms with Crippen LogP contribution in [0.3, 0.4) is 0 Å². The van der Waals surface area contributed by atoms with Gasteiger partial charge in [0.05, 0.1) is 23.6 Å². The molecule has 0 fully saturated rings. The van der Waals surface area contributed by atoms with Crippen LogP contribution in [0.2, 0.25) is 0 Å². The predicted octanol–water partition coefficient (Wildman–Crippen LogP) is 2.88. The van der Waals surface area contributed by atoms with Gasteiger partial charge in [0.15, 0.2) is 5.78 Å². The largest absolute Gasteiger partial charge is 0.462 e. The Morgan fingerprint density at radius 3 is 2.95 bits per heavy atom. The summed E-state index contributed by atoms with van der Waals surface area (Å²) in [5, 5.41) is 4.50. The molecule has 0 saturated carbocycles. The highest BCUT2D eigenvalue weighted by Gasteiger charge is 2.26. The zero-order valence-corrected chi connectivity index (χ0v) is 12.8. The van der Waals surface area contributed by atoms with Crippen molar-refractivity contribution in [1.82, 2.24) is 9.78 Å². The van der Waals surface area contributed by atoms with E-state index in [4.69, 9.17) is 4.74 Å². The fourth-order valence-electron chi connectivity index (χ4n) is 2.86. The van der Waals surface area contributed by atoms with Gasteiger partial charge in [-0.05, 0) is 44.9 Å². The molecular weight excluding hydrogens is 280 g/mol. The first-order valence-electron chi connectivity index (χ1n) is 7.51. The van der Waals surface area contributed by atoms with E-state index in [1.807, 2.05) is 13.0 Å². The third kappa shape index (κ3) is 2.43. The molecule has 0 amide bonds. The maximum Gasteiger partial charge on any atom is 0.338 e. The van der Waals surface area contributed by atoms with E-state index in [2.05, 4.69) is 5.10 Å². The summed E-state index contributed by atoms with van der Waals surface area (Å²) >= 11 is 0. The number of hydrogen-bond donors (Lipinski definition) is 0. The molecule has 22 heavy (non-hydrogen) atoms. The number of rotatable bonds is 3. The first-order valence-corrected chi connectivity index (χ1v) is 7.51. The van der Waals surface area contributed by atoms with Gasteiger partial charge >= 0.3 is 5.97 Å². The van der Waals surface area contributed by atoms with Crippen LogP contribution in [0.15, 0.2) is 24.3 Å². The number of carbonyl (C=O) groups excluding carboxylic acids is 2. The number of fused-ring (bicyclic) bond motifs is 1. The van der Waals surface area contributed by atoms with Crippen molar-refractivity contribution in [1.29, 1.82) is 0 Å². The number of hydrogen-bond acceptors (Lipinski definition) is 4. The van der Waals surface area contributed by atoms with Gasteiger partial charge in [0.2, 0.25) is 0 Å². The molecule has 0 atom stereocenters. The van der Waals surface area contributed by atoms with Crippen LogP contribution in [0.5, 0.6) is 0 Å². The second kappa shape index (κ2) is 5.75. The van der Waals surface area contributed by atoms with E-state index in [0.717, 1.165) is 24.1 Å². The van der Waals surface area contributed by atoms with Crippen LogP contribution in [0.25, 0.3) is 5.69 Å². The second-order valence-corrected chi connectivity index (χ2v) is 5.37. The molecule has 2 aromatic rings. The standard InChI is InChI=1S/C17H18N2O3/c1-3-22-17(21)12-6-4-7-13(10-12)19-16-14(11(2)18-19)8-5-9-15(16)20/h4,6-7,10H,3,5,8-9H2,1-2H3. The molecule has 0 N–H and O–H groups in total. The summed E-state index contributed by atoms with van der Waals surface area (Å²) in [6.45, 7) is 4.02. The fourth-order valence-corrected chi connectivity index (χ4v) is 2.86. The van der Waals surface area contributed by atoms with Crippen molar-refractivity contribution in [3.05, 3.63) is 46.8 Å². The summed E-state index contributed by atoms with van der Waals surface area (Å²) in [4.78, 5) is 24.1. The lowest BCUT2D eigenvalue weighted by Gasteiger charge is -2.13. The van der Waals surface area contributed by atoms with Gasteiger partial charge in [0, 0.05) is 12.0 Å². The normalized spacial score (nSPS) is 13.8. The molecule has 3 rings (SSSR count). The lowest BCUT2D eigenvalue weighted by atomic mass is 9.95. The maximum absolute atomic E-state index is 12.3. The third-order valence-electron chi connectivity index (χ3n) is 3.88. The molecule has 5 heteroatoms. The van der Waals surface area contributed by atoms with E-state index in [1.54, 1.807) is 29.8 Å². The lowest BCUT2D eigenvalue weighted by molar-refractivity contribution is 0.0526. The molecule has 1 aromatic carbocycles. The molecule has 1 aliphatic rings. The molecule has 1 heterocycles. The molecule has 1 aromatic heterocycles. The number of nitrogens with zero attached hydrogens (tertiary/aromatic N) is 2. The molecule has 0 aliphatic heterocycles. The van der Waals surface area contributed by atoms with Gasteiger partial charge in [-0.15, -0.1) is 0 Å². The number of ketones is 1. The Morgan fingerprint density at radius 2 is 2.18 bits per heavy atom. The predicted molar refractivity (Wildman–Crippen MR) is 81.5 cm³/mol. The lowest BCUT2D eigenvalue weighted by Crippen LogP contribution is -2.15. The zero-order valence-electron chi connectivity index (χ0n) is 12.8. The van der Waals surface area contributed by atoms with Crippen molar-refractivity contribution in [3.8, 4) is 5.69 Å². The Hall–Kier alpha value is -2.43. The van der Waals surface area contributed by atoms with Crippen molar-refractivity contribution in [3.63, 3.8) is 0 Å². The van der Waals surface area contributed by atoms with Gasteiger partial charge in [-0.1, -0.05) is 6.07 Å². The van der Waals surface area contributed by atoms with Crippen LogP contribution in [0.4, 0.5) is 0 Å². The first kappa shape index (κ1) is 14.5. The topological polar surface area (TPSA) is 61.2 Å². The minimum atomic E-state index is -0.367. The van der Waals surface area contributed by atoms with Crippen molar-refractivity contribution in [2.75, 3.05) is 6.61 Å². The summed E-state index contributed by atoms with van der Waals surface area (Å²) < 4.78 is 6.68. The average Bonchev–Trinajstić information content (AvgIpc) is 2.86. The summed E-state index contributed by atoms with van der Waals surface area (Å²) in [7, 11) is 0. The van der Waals surface area contributed by atoms with Crippen LogP contribution in [0.1, 0.15) is 51.9 Å². The minimum Gasteiger partial charge on any atom is -0.462 e. The number of aryl methyl sites for hydroxylation is 1. The zero-order chi connectivity index (χ0) is 15.7. The average molecular weight is 298 g/mol. The van der Waals surface area contributed by atoms with Crippen molar-refractivity contribution in [2.45, 2.75) is 33.1 Å². The van der Waals surface area contributed by atoms with Crippen LogP contribution in [-0.2, 0) is 11.2 Å². The van der Waals surface area contributed by atoms with Gasteiger partial charge in [-0.25, -0.2) is 9.48 Å². The van der Waals surface area contributed by atoms with Gasteiger partial charge in [0.1, 0.15) is 5.69 Å². The van der Waals surface area contributed by atoms with Gasteiger partial charge in [-0.2, -0.15) is 5.10 Å². The van der Waals surface area contributed by atoms with Crippen LogP contribution in [-0.4, -0.2) is 28.1 Å². The molecule has 1 aliphatic carbocycles. The highest BCUT2D eigenvalue weighted by atomic mass is 16.5. The Labute approximate surface area is 128 Å². The molecule has 5 nitrogen and oxygen atoms in total. The number of Topliss-reactive ketones (excluding diaryl/α,β-unsaturated/α-hetero) is 1. The first-order chi connectivity index (χ1) is 10.6. The number of carbonyl (C=O) groups is 2. The summed E-state index contributed by atoms with van der Waals surface area (Å²) in [5.41, 5.74) is 3.74. The number of aromatic nitrogens is 2. The smallest absolute Gasteiger partial charge is 0.338 e. The Kier molecular flexibility index (Phi) is 3.79. The Morgan fingerprint density at radius 1 is 1.36 bits per heavy atom. The SMILES string of the molecule is CCOC(=O)c1cccc(-n2nc(C)c3c2C(=O)CCC3)c1.